The maximum Gasteiger partial charge on any atom is 0.249 e. The van der Waals surface area contributed by atoms with Crippen LogP contribution in [-0.4, -0.2) is 110 Å². The molecule has 9 atom stereocenters. The Hall–Kier alpha value is -0.890. The molecule has 1 saturated heterocycles. The summed E-state index contributed by atoms with van der Waals surface area (Å²) in [5, 5.41) is 76.2. The van der Waals surface area contributed by atoms with Crippen molar-refractivity contribution in [3.63, 3.8) is 0 Å². The quantitative estimate of drug-likeness (QED) is 0.0272. The van der Waals surface area contributed by atoms with Gasteiger partial charge in [0, 0.05) is 0 Å². The predicted octanol–water partition coefficient (Wildman–Crippen LogP) is 14.9. The summed E-state index contributed by atoms with van der Waals surface area (Å²) in [6, 6.07) is -1.16. The Balaban J connectivity index is 2.13. The summed E-state index contributed by atoms with van der Waals surface area (Å²) in [5.74, 6) is -0.689. The van der Waals surface area contributed by atoms with Gasteiger partial charge in [-0.3, -0.25) is 4.79 Å². The third kappa shape index (κ3) is 41.7. The van der Waals surface area contributed by atoms with Crippen molar-refractivity contribution in [3.05, 3.63) is 0 Å². The molecule has 1 aliphatic heterocycles. The van der Waals surface area contributed by atoms with Crippen LogP contribution in [0.5, 0.6) is 0 Å². The van der Waals surface area contributed by atoms with Crippen LogP contribution in [0.25, 0.3) is 0 Å². The number of rotatable bonds is 58. The number of amides is 1. The maximum atomic E-state index is 13.2. The zero-order valence-electron chi connectivity index (χ0n) is 49.3. The summed E-state index contributed by atoms with van der Waals surface area (Å²) in [5.41, 5.74) is 0. The zero-order valence-corrected chi connectivity index (χ0v) is 49.3. The van der Waals surface area contributed by atoms with E-state index in [1.807, 2.05) is 0 Å². The van der Waals surface area contributed by atoms with Gasteiger partial charge in [0.1, 0.15) is 36.6 Å². The van der Waals surface area contributed by atoms with E-state index in [0.29, 0.717) is 19.3 Å². The number of nitrogens with one attached hydrogen (secondary N) is 1. The summed E-state index contributed by atoms with van der Waals surface area (Å²) < 4.78 is 11.2. The van der Waals surface area contributed by atoms with Gasteiger partial charge in [-0.25, -0.2) is 0 Å². The van der Waals surface area contributed by atoms with E-state index >= 15 is 0 Å². The smallest absolute Gasteiger partial charge is 0.249 e. The van der Waals surface area contributed by atoms with Crippen molar-refractivity contribution in [1.29, 1.82) is 0 Å². The highest BCUT2D eigenvalue weighted by Gasteiger charge is 2.44. The standard InChI is InChI=1S/C64H127NO10/c1-3-5-7-9-11-13-15-17-19-20-21-22-23-24-25-26-27-28-29-30-31-32-33-34-35-36-37-38-40-42-44-46-48-50-52-57(68)63(73)65-55(54-74-64-62(72)61(71)60(70)58(53-66)75-64)59(69)56(67)51-49-47-45-43-41-39-18-16-14-12-10-8-6-4-2/h55-62,64,66-72H,3-54H2,1-2H3,(H,65,73). The molecule has 0 spiro atoms. The minimum Gasteiger partial charge on any atom is -0.394 e. The molecule has 1 rings (SSSR count). The highest BCUT2D eigenvalue weighted by molar-refractivity contribution is 5.80. The van der Waals surface area contributed by atoms with E-state index in [4.69, 9.17) is 9.47 Å². The second kappa shape index (κ2) is 53.7. The normalized spacial score (nSPS) is 19.6. The van der Waals surface area contributed by atoms with E-state index in [2.05, 4.69) is 19.2 Å². The van der Waals surface area contributed by atoms with Gasteiger partial charge in [-0.05, 0) is 12.8 Å². The van der Waals surface area contributed by atoms with Gasteiger partial charge in [-0.2, -0.15) is 0 Å². The first-order valence-electron chi connectivity index (χ1n) is 32.9. The molecule has 0 aliphatic carbocycles. The molecule has 0 aromatic heterocycles. The van der Waals surface area contributed by atoms with Gasteiger partial charge in [0.15, 0.2) is 6.29 Å². The van der Waals surface area contributed by atoms with Gasteiger partial charge in [-0.1, -0.05) is 322 Å². The molecule has 1 aliphatic rings. The van der Waals surface area contributed by atoms with E-state index in [0.717, 1.165) is 38.5 Å². The van der Waals surface area contributed by atoms with Gasteiger partial charge in [0.05, 0.1) is 25.4 Å². The van der Waals surface area contributed by atoms with Crippen LogP contribution in [0.2, 0.25) is 0 Å². The topological polar surface area (TPSA) is 189 Å². The summed E-state index contributed by atoms with van der Waals surface area (Å²) in [6.45, 7) is 3.50. The van der Waals surface area contributed by atoms with E-state index in [1.54, 1.807) is 0 Å². The number of carbonyl (C=O) groups is 1. The van der Waals surface area contributed by atoms with Crippen LogP contribution < -0.4 is 5.32 Å². The van der Waals surface area contributed by atoms with E-state index in [1.165, 1.54) is 257 Å². The Kier molecular flexibility index (Phi) is 51.7. The molecule has 0 bridgehead atoms. The van der Waals surface area contributed by atoms with Crippen molar-refractivity contribution in [1.82, 2.24) is 5.32 Å². The lowest BCUT2D eigenvalue weighted by Crippen LogP contribution is -2.60. The Morgan fingerprint density at radius 1 is 0.413 bits per heavy atom. The Morgan fingerprint density at radius 2 is 0.693 bits per heavy atom. The summed E-state index contributed by atoms with van der Waals surface area (Å²) in [7, 11) is 0. The average molecular weight is 1070 g/mol. The largest absolute Gasteiger partial charge is 0.394 e. The van der Waals surface area contributed by atoms with Gasteiger partial charge < -0.3 is 50.5 Å². The lowest BCUT2D eigenvalue weighted by molar-refractivity contribution is -0.303. The molecule has 1 fully saturated rings. The molecule has 11 heteroatoms. The second-order valence-electron chi connectivity index (χ2n) is 23.6. The van der Waals surface area contributed by atoms with Crippen molar-refractivity contribution < 1.29 is 50.0 Å². The fraction of sp³-hybridized carbons (Fsp3) is 0.984. The van der Waals surface area contributed by atoms with Crippen molar-refractivity contribution in [3.8, 4) is 0 Å². The molecule has 0 aromatic rings. The summed E-state index contributed by atoms with van der Waals surface area (Å²) in [6.07, 6.45) is 52.0. The minimum absolute atomic E-state index is 0.267. The number of carbonyl (C=O) groups excluding carboxylic acids is 1. The van der Waals surface area contributed by atoms with Crippen LogP contribution in [0.3, 0.4) is 0 Å². The molecule has 9 unspecified atom stereocenters. The van der Waals surface area contributed by atoms with Crippen LogP contribution >= 0.6 is 0 Å². The van der Waals surface area contributed by atoms with E-state index < -0.39 is 74.2 Å². The lowest BCUT2D eigenvalue weighted by Gasteiger charge is -2.40. The highest BCUT2D eigenvalue weighted by atomic mass is 16.7. The number of aliphatic hydroxyl groups excluding tert-OH is 7. The molecule has 1 heterocycles. The maximum absolute atomic E-state index is 13.2. The fourth-order valence-electron chi connectivity index (χ4n) is 11.1. The molecular weight excluding hydrogens is 943 g/mol. The zero-order chi connectivity index (χ0) is 54.7. The first-order valence-corrected chi connectivity index (χ1v) is 32.9. The minimum atomic E-state index is -1.66. The Morgan fingerprint density at radius 3 is 0.987 bits per heavy atom. The molecule has 1 amide bonds. The number of hydrogen-bond donors (Lipinski definition) is 8. The SMILES string of the molecule is CCCCCCCCCCCCCCCCCCCCCCCCCCCCCCCCCCCCC(O)C(=O)NC(COC1OC(CO)C(O)C(O)C1O)C(O)C(O)CCCCCCCCCCCCCCCC. The van der Waals surface area contributed by atoms with Crippen molar-refractivity contribution in [2.45, 2.75) is 390 Å². The first-order chi connectivity index (χ1) is 36.7. The van der Waals surface area contributed by atoms with Crippen LogP contribution in [0, 0.1) is 0 Å². The second-order valence-corrected chi connectivity index (χ2v) is 23.6. The van der Waals surface area contributed by atoms with Crippen molar-refractivity contribution in [2.24, 2.45) is 0 Å². The number of ether oxygens (including phenoxy) is 2. The monoisotopic (exact) mass is 1070 g/mol. The fourth-order valence-corrected chi connectivity index (χ4v) is 11.1. The van der Waals surface area contributed by atoms with Gasteiger partial charge in [0.25, 0.3) is 0 Å². The molecule has 8 N–H and O–H groups in total. The lowest BCUT2D eigenvalue weighted by atomic mass is 9.98. The van der Waals surface area contributed by atoms with Crippen molar-refractivity contribution >= 4 is 5.91 Å². The molecule has 448 valence electrons. The first kappa shape index (κ1) is 72.1. The van der Waals surface area contributed by atoms with Crippen LogP contribution in [-0.2, 0) is 14.3 Å². The number of aliphatic hydroxyl groups is 7. The van der Waals surface area contributed by atoms with Gasteiger partial charge in [-0.15, -0.1) is 0 Å². The van der Waals surface area contributed by atoms with E-state index in [-0.39, 0.29) is 6.42 Å². The van der Waals surface area contributed by atoms with Gasteiger partial charge in [0.2, 0.25) is 5.91 Å². The van der Waals surface area contributed by atoms with Crippen LogP contribution in [0.15, 0.2) is 0 Å². The third-order valence-electron chi connectivity index (χ3n) is 16.4. The summed E-state index contributed by atoms with van der Waals surface area (Å²) in [4.78, 5) is 13.2. The molecule has 0 saturated carbocycles. The molecular formula is C64H127NO10. The van der Waals surface area contributed by atoms with Crippen molar-refractivity contribution in [2.75, 3.05) is 13.2 Å². The summed E-state index contributed by atoms with van der Waals surface area (Å²) >= 11 is 0. The number of hydrogen-bond acceptors (Lipinski definition) is 10. The molecule has 75 heavy (non-hydrogen) atoms. The predicted molar refractivity (Wildman–Crippen MR) is 312 cm³/mol. The average Bonchev–Trinajstić information content (AvgIpc) is 3.41. The molecule has 0 radical (unpaired) electrons. The molecule has 11 nitrogen and oxygen atoms in total. The Labute approximate surface area is 462 Å². The van der Waals surface area contributed by atoms with Crippen LogP contribution in [0.1, 0.15) is 335 Å². The van der Waals surface area contributed by atoms with Gasteiger partial charge >= 0.3 is 0 Å². The highest BCUT2D eigenvalue weighted by Crippen LogP contribution is 2.24. The Bertz CT molecular complexity index is 1180. The number of unbranched alkanes of at least 4 members (excludes halogenated alkanes) is 46. The third-order valence-corrected chi connectivity index (χ3v) is 16.4. The van der Waals surface area contributed by atoms with E-state index in [9.17, 15) is 40.5 Å². The molecule has 0 aromatic carbocycles. The van der Waals surface area contributed by atoms with Crippen LogP contribution in [0.4, 0.5) is 0 Å².